The molecule has 1 saturated heterocycles. The predicted molar refractivity (Wildman–Crippen MR) is 78.9 cm³/mol. The van der Waals surface area contributed by atoms with Gasteiger partial charge in [0.15, 0.2) is 0 Å². The van der Waals surface area contributed by atoms with Crippen LogP contribution in [0.15, 0.2) is 0 Å². The van der Waals surface area contributed by atoms with Gasteiger partial charge in [-0.05, 0) is 6.42 Å². The molecule has 108 valence electrons. The number of amides is 3. The fourth-order valence-electron chi connectivity index (χ4n) is 1.71. The Kier molecular flexibility index (Phi) is 7.30. The summed E-state index contributed by atoms with van der Waals surface area (Å²) in [4.78, 5) is 34.3. The van der Waals surface area contributed by atoms with Crippen LogP contribution in [0.4, 0.5) is 0 Å². The molecule has 0 radical (unpaired) electrons. The summed E-state index contributed by atoms with van der Waals surface area (Å²) in [7, 11) is 0. The van der Waals surface area contributed by atoms with E-state index in [1.165, 1.54) is 11.8 Å². The van der Waals surface area contributed by atoms with Crippen molar-refractivity contribution in [2.75, 3.05) is 12.3 Å². The van der Waals surface area contributed by atoms with Crippen molar-refractivity contribution in [3.05, 3.63) is 0 Å². The highest BCUT2D eigenvalue weighted by atomic mass is 32.2. The van der Waals surface area contributed by atoms with Gasteiger partial charge in [0.1, 0.15) is 0 Å². The fraction of sp³-hybridized carbons (Fsp3) is 0.750. The number of thioether (sulfide) groups is 1. The van der Waals surface area contributed by atoms with Gasteiger partial charge in [0.2, 0.25) is 11.8 Å². The van der Waals surface area contributed by atoms with Gasteiger partial charge in [-0.2, -0.15) is 0 Å². The molecule has 0 bridgehead atoms. The van der Waals surface area contributed by atoms with Crippen LogP contribution in [0.25, 0.3) is 0 Å². The minimum absolute atomic E-state index is 0.00288. The van der Waals surface area contributed by atoms with Gasteiger partial charge in [0, 0.05) is 25.1 Å². The zero-order valence-corrected chi connectivity index (χ0v) is 12.8. The molecule has 19 heavy (non-hydrogen) atoms. The first-order chi connectivity index (χ1) is 9.06. The third kappa shape index (κ3) is 5.44. The van der Waals surface area contributed by atoms with Gasteiger partial charge in [-0.3, -0.25) is 14.4 Å². The van der Waals surface area contributed by atoms with E-state index in [9.17, 15) is 14.4 Å². The summed E-state index contributed by atoms with van der Waals surface area (Å²) < 4.78 is 0.864. The summed E-state index contributed by atoms with van der Waals surface area (Å²) in [5.74, 6) is 0.00455. The number of hydrogen-bond acceptors (Lipinski definition) is 5. The van der Waals surface area contributed by atoms with Gasteiger partial charge >= 0.3 is 0 Å². The van der Waals surface area contributed by atoms with Crippen LogP contribution in [0.1, 0.15) is 39.0 Å². The van der Waals surface area contributed by atoms with Crippen molar-refractivity contribution in [3.63, 3.8) is 0 Å². The lowest BCUT2D eigenvalue weighted by Crippen LogP contribution is -2.25. The highest BCUT2D eigenvalue weighted by Gasteiger charge is 2.37. The van der Waals surface area contributed by atoms with Crippen molar-refractivity contribution in [2.24, 2.45) is 0 Å². The van der Waals surface area contributed by atoms with Crippen molar-refractivity contribution < 1.29 is 14.4 Å². The van der Waals surface area contributed by atoms with Crippen LogP contribution >= 0.6 is 24.6 Å². The molecule has 1 aliphatic heterocycles. The monoisotopic (exact) mass is 304 g/mol. The number of nitrogens with zero attached hydrogens (tertiary/aromatic N) is 1. The summed E-state index contributed by atoms with van der Waals surface area (Å²) in [6, 6.07) is 0. The molecule has 0 spiro atoms. The number of carbonyl (C=O) groups is 3. The molecule has 1 N–H and O–H groups in total. The van der Waals surface area contributed by atoms with Crippen LogP contribution in [-0.2, 0) is 14.4 Å². The summed E-state index contributed by atoms with van der Waals surface area (Å²) in [6.45, 7) is 2.83. The van der Waals surface area contributed by atoms with Gasteiger partial charge in [-0.15, -0.1) is 11.8 Å². The molecule has 5 nitrogen and oxygen atoms in total. The van der Waals surface area contributed by atoms with Crippen molar-refractivity contribution in [2.45, 2.75) is 44.3 Å². The van der Waals surface area contributed by atoms with Crippen LogP contribution in [0, 0.1) is 0 Å². The highest BCUT2D eigenvalue weighted by molar-refractivity contribution is 8.00. The van der Waals surface area contributed by atoms with Crippen molar-refractivity contribution >= 4 is 42.3 Å². The normalized spacial score (nSPS) is 19.1. The number of unbranched alkanes of at least 4 members (excludes halogenated alkanes) is 2. The number of nitrogens with one attached hydrogen (secondary N) is 1. The lowest BCUT2D eigenvalue weighted by molar-refractivity contribution is -0.131. The quantitative estimate of drug-likeness (QED) is 0.404. The van der Waals surface area contributed by atoms with E-state index in [1.54, 1.807) is 0 Å². The van der Waals surface area contributed by atoms with E-state index in [0.717, 1.165) is 23.6 Å². The largest absolute Gasteiger partial charge is 0.356 e. The van der Waals surface area contributed by atoms with Crippen molar-refractivity contribution in [1.29, 1.82) is 0 Å². The van der Waals surface area contributed by atoms with Crippen LogP contribution in [-0.4, -0.2) is 39.6 Å². The van der Waals surface area contributed by atoms with Crippen molar-refractivity contribution in [3.8, 4) is 0 Å². The highest BCUT2D eigenvalue weighted by Crippen LogP contribution is 2.26. The molecule has 1 fully saturated rings. The molecule has 0 aliphatic carbocycles. The molecule has 1 heterocycles. The second-order valence-electron chi connectivity index (χ2n) is 4.41. The number of rotatable bonds is 8. The molecule has 1 unspecified atom stereocenters. The maximum atomic E-state index is 11.5. The van der Waals surface area contributed by atoms with Gasteiger partial charge in [0.05, 0.1) is 5.25 Å². The molecule has 1 atom stereocenters. The molecule has 0 saturated carbocycles. The number of carbonyl (C=O) groups excluding carboxylic acids is 3. The average Bonchev–Trinajstić information content (AvgIpc) is 2.62. The summed E-state index contributed by atoms with van der Waals surface area (Å²) in [5.41, 5.74) is 0. The zero-order chi connectivity index (χ0) is 14.3. The van der Waals surface area contributed by atoms with E-state index in [2.05, 4.69) is 25.1 Å². The van der Waals surface area contributed by atoms with Gasteiger partial charge in [0.25, 0.3) is 5.91 Å². The first-order valence-electron chi connectivity index (χ1n) is 6.50. The first kappa shape index (κ1) is 16.4. The van der Waals surface area contributed by atoms with E-state index in [4.69, 9.17) is 0 Å². The third-order valence-electron chi connectivity index (χ3n) is 2.83. The van der Waals surface area contributed by atoms with E-state index >= 15 is 0 Å². The predicted octanol–water partition coefficient (Wildman–Crippen LogP) is 1.39. The third-order valence-corrected chi connectivity index (χ3v) is 4.46. The Morgan fingerprint density at radius 1 is 1.47 bits per heavy atom. The molecule has 3 amide bonds. The smallest absolute Gasteiger partial charge is 0.252 e. The zero-order valence-electron chi connectivity index (χ0n) is 11.1. The summed E-state index contributed by atoms with van der Waals surface area (Å²) >= 11 is 5.16. The topological polar surface area (TPSA) is 66.5 Å². The first-order valence-corrected chi connectivity index (χ1v) is 7.95. The Balaban J connectivity index is 2.12. The lowest BCUT2D eigenvalue weighted by atomic mass is 10.2. The molecule has 0 aromatic rings. The van der Waals surface area contributed by atoms with E-state index in [1.807, 2.05) is 0 Å². The molecule has 0 aromatic heterocycles. The molecular formula is C12H20N2O3S2. The number of imide groups is 1. The summed E-state index contributed by atoms with van der Waals surface area (Å²) in [6.07, 6.45) is 3.81. The van der Waals surface area contributed by atoms with Gasteiger partial charge < -0.3 is 5.32 Å². The Hall–Kier alpha value is -0.690. The Labute approximate surface area is 123 Å². The van der Waals surface area contributed by atoms with Crippen LogP contribution in [0.5, 0.6) is 0 Å². The van der Waals surface area contributed by atoms with E-state index in [-0.39, 0.29) is 29.4 Å². The molecule has 7 heteroatoms. The molecule has 0 aromatic carbocycles. The molecular weight excluding hydrogens is 284 g/mol. The standard InChI is InChI=1S/C12H20N2O3S2/c1-2-3-4-6-13-10(15)5-7-19-9-8-11(16)14(18)12(9)17/h9,18H,2-8H2,1H3,(H,13,15). The second-order valence-corrected chi connectivity index (χ2v) is 6.13. The second kappa shape index (κ2) is 8.47. The van der Waals surface area contributed by atoms with Crippen molar-refractivity contribution in [1.82, 2.24) is 9.62 Å². The van der Waals surface area contributed by atoms with Gasteiger partial charge in [-0.1, -0.05) is 32.6 Å². The van der Waals surface area contributed by atoms with Crippen LogP contribution < -0.4 is 5.32 Å². The summed E-state index contributed by atoms with van der Waals surface area (Å²) in [5, 5.41) is 2.47. The fourth-order valence-corrected chi connectivity index (χ4v) is 3.10. The lowest BCUT2D eigenvalue weighted by Gasteiger charge is -2.08. The maximum absolute atomic E-state index is 11.5. The Morgan fingerprint density at radius 2 is 2.21 bits per heavy atom. The molecule has 1 rings (SSSR count). The number of hydrogen-bond donors (Lipinski definition) is 2. The SMILES string of the molecule is CCCCCNC(=O)CCSC1CC(=O)N(S)C1=O. The minimum atomic E-state index is -0.377. The number of thiol groups is 1. The minimum Gasteiger partial charge on any atom is -0.356 e. The van der Waals surface area contributed by atoms with Crippen LogP contribution in [0.3, 0.4) is 0 Å². The Morgan fingerprint density at radius 3 is 2.79 bits per heavy atom. The van der Waals surface area contributed by atoms with Gasteiger partial charge in [-0.25, -0.2) is 4.31 Å². The average molecular weight is 304 g/mol. The maximum Gasteiger partial charge on any atom is 0.252 e. The molecule has 1 aliphatic rings. The van der Waals surface area contributed by atoms with E-state index in [0.29, 0.717) is 18.7 Å². The van der Waals surface area contributed by atoms with E-state index < -0.39 is 0 Å². The Bertz CT molecular complexity index is 350. The van der Waals surface area contributed by atoms with Crippen LogP contribution in [0.2, 0.25) is 0 Å².